The number of hydrogen-bond acceptors (Lipinski definition) is 5. The van der Waals surface area contributed by atoms with E-state index in [4.69, 9.17) is 9.84 Å². The first-order chi connectivity index (χ1) is 18.4. The molecule has 0 amide bonds. The van der Waals surface area contributed by atoms with Crippen molar-refractivity contribution in [2.24, 2.45) is 10.8 Å². The molecule has 1 atom stereocenters. The Balaban J connectivity index is -0.000000201. The second kappa shape index (κ2) is 19.1. The van der Waals surface area contributed by atoms with Gasteiger partial charge in [-0.25, -0.2) is 0 Å². The number of hydrogen-bond donors (Lipinski definition) is 1. The van der Waals surface area contributed by atoms with Gasteiger partial charge in [-0.1, -0.05) is 50.5 Å². The average Bonchev–Trinajstić information content (AvgIpc) is 2.85. The highest BCUT2D eigenvalue weighted by molar-refractivity contribution is 5.76. The van der Waals surface area contributed by atoms with Gasteiger partial charge in [0.2, 0.25) is 0 Å². The van der Waals surface area contributed by atoms with Crippen molar-refractivity contribution in [3.05, 3.63) is 0 Å². The third-order valence-electron chi connectivity index (χ3n) is 6.40. The maximum atomic E-state index is 13.5. The van der Waals surface area contributed by atoms with Gasteiger partial charge in [0, 0.05) is 0 Å². The summed E-state index contributed by atoms with van der Waals surface area (Å²) in [6, 6.07) is 0. The number of rotatable bonds is 14. The van der Waals surface area contributed by atoms with Crippen molar-refractivity contribution in [3.63, 3.8) is 0 Å². The standard InChI is InChI=1S/C14H15F13O2.C10H20O3.4CH4/c1-4-8(2,3)7(28)29-6-5-9(15,16)10(17,18)11(19,20)12(21,22)13(23,24)14(25,26)27;1-5-8(11)7-13-9(12)10(3,4)6-2;;;;/h4-6H2,1-3H3;8,11H,5-7H2,1-4H3;4*1H4. The minimum Gasteiger partial charge on any atom is -0.465 e. The van der Waals surface area contributed by atoms with Gasteiger partial charge in [0.05, 0.1) is 30.0 Å². The van der Waals surface area contributed by atoms with Crippen LogP contribution in [0, 0.1) is 10.8 Å². The van der Waals surface area contributed by atoms with E-state index in [1.165, 1.54) is 20.8 Å². The number of halogens is 13. The summed E-state index contributed by atoms with van der Waals surface area (Å²) in [6.07, 6.45) is -9.14. The van der Waals surface area contributed by atoms with Crippen molar-refractivity contribution in [2.45, 2.75) is 146 Å². The number of alkyl halides is 13. The molecule has 0 aliphatic rings. The van der Waals surface area contributed by atoms with E-state index in [1.807, 2.05) is 27.7 Å². The highest BCUT2D eigenvalue weighted by Crippen LogP contribution is 2.60. The summed E-state index contributed by atoms with van der Waals surface area (Å²) in [5.41, 5.74) is -1.77. The topological polar surface area (TPSA) is 72.8 Å². The zero-order valence-corrected chi connectivity index (χ0v) is 23.8. The smallest absolute Gasteiger partial charge is 0.460 e. The minimum absolute atomic E-state index is 0. The van der Waals surface area contributed by atoms with Gasteiger partial charge in [-0.2, -0.15) is 57.1 Å². The average molecular weight is 715 g/mol. The molecular formula is C28H51F13O5. The van der Waals surface area contributed by atoms with Crippen molar-refractivity contribution < 1.29 is 81.2 Å². The van der Waals surface area contributed by atoms with Crippen LogP contribution in [-0.4, -0.2) is 72.2 Å². The molecule has 0 aromatic rings. The van der Waals surface area contributed by atoms with E-state index >= 15 is 0 Å². The summed E-state index contributed by atoms with van der Waals surface area (Å²) < 4.78 is 176. The van der Waals surface area contributed by atoms with Crippen molar-refractivity contribution in [1.29, 1.82) is 0 Å². The quantitative estimate of drug-likeness (QED) is 0.143. The van der Waals surface area contributed by atoms with E-state index in [2.05, 4.69) is 4.74 Å². The van der Waals surface area contributed by atoms with Gasteiger partial charge in [-0.05, 0) is 47.0 Å². The van der Waals surface area contributed by atoms with E-state index in [0.29, 0.717) is 6.42 Å². The van der Waals surface area contributed by atoms with Crippen LogP contribution in [0.2, 0.25) is 0 Å². The van der Waals surface area contributed by atoms with E-state index in [-0.39, 0.29) is 48.7 Å². The maximum absolute atomic E-state index is 13.5. The highest BCUT2D eigenvalue weighted by atomic mass is 19.4. The Morgan fingerprint density at radius 1 is 0.587 bits per heavy atom. The number of ether oxygens (including phenoxy) is 2. The van der Waals surface area contributed by atoms with E-state index in [9.17, 15) is 66.7 Å². The summed E-state index contributed by atoms with van der Waals surface area (Å²) in [6.45, 7) is 9.71. The summed E-state index contributed by atoms with van der Waals surface area (Å²) >= 11 is 0. The Kier molecular flexibility index (Phi) is 23.4. The lowest BCUT2D eigenvalue weighted by molar-refractivity contribution is -0.440. The second-order valence-electron chi connectivity index (χ2n) is 10.5. The van der Waals surface area contributed by atoms with Crippen LogP contribution in [-0.2, 0) is 19.1 Å². The predicted molar refractivity (Wildman–Crippen MR) is 149 cm³/mol. The molecule has 0 bridgehead atoms. The molecule has 18 heteroatoms. The summed E-state index contributed by atoms with van der Waals surface area (Å²) in [5.74, 6) is -38.7. The Labute approximate surface area is 263 Å². The van der Waals surface area contributed by atoms with Crippen LogP contribution in [0.5, 0.6) is 0 Å². The molecule has 46 heavy (non-hydrogen) atoms. The number of esters is 2. The fourth-order valence-corrected chi connectivity index (χ4v) is 2.20. The monoisotopic (exact) mass is 714 g/mol. The first-order valence-electron chi connectivity index (χ1n) is 12.4. The Morgan fingerprint density at radius 3 is 1.22 bits per heavy atom. The third kappa shape index (κ3) is 12.5. The predicted octanol–water partition coefficient (Wildman–Crippen LogP) is 10.4. The van der Waals surface area contributed by atoms with Crippen LogP contribution in [0.15, 0.2) is 0 Å². The highest BCUT2D eigenvalue weighted by Gasteiger charge is 2.90. The molecule has 5 nitrogen and oxygen atoms in total. The molecule has 0 aliphatic heterocycles. The van der Waals surface area contributed by atoms with Crippen molar-refractivity contribution in [3.8, 4) is 0 Å². The first kappa shape index (κ1) is 56.3. The number of carbonyl (C=O) groups excluding carboxylic acids is 2. The van der Waals surface area contributed by atoms with Gasteiger partial charge in [-0.3, -0.25) is 9.59 Å². The van der Waals surface area contributed by atoms with Crippen LogP contribution in [0.25, 0.3) is 0 Å². The van der Waals surface area contributed by atoms with E-state index in [1.54, 1.807) is 0 Å². The molecule has 1 N–H and O–H groups in total. The molecule has 0 heterocycles. The van der Waals surface area contributed by atoms with Gasteiger partial charge in [0.15, 0.2) is 0 Å². The third-order valence-corrected chi connectivity index (χ3v) is 6.40. The Bertz CT molecular complexity index is 888. The maximum Gasteiger partial charge on any atom is 0.460 e. The van der Waals surface area contributed by atoms with Crippen molar-refractivity contribution in [1.82, 2.24) is 0 Å². The van der Waals surface area contributed by atoms with Crippen LogP contribution >= 0.6 is 0 Å². The zero-order chi connectivity index (χ0) is 34.4. The Morgan fingerprint density at radius 2 is 0.913 bits per heavy atom. The van der Waals surface area contributed by atoms with E-state index < -0.39 is 71.7 Å². The van der Waals surface area contributed by atoms with Crippen LogP contribution < -0.4 is 0 Å². The molecule has 0 aromatic heterocycles. The van der Waals surface area contributed by atoms with Gasteiger partial charge in [0.25, 0.3) is 0 Å². The number of aliphatic hydroxyl groups excluding tert-OH is 1. The molecule has 0 aliphatic carbocycles. The molecule has 1 unspecified atom stereocenters. The van der Waals surface area contributed by atoms with Crippen molar-refractivity contribution >= 4 is 11.9 Å². The molecule has 0 aromatic carbocycles. The van der Waals surface area contributed by atoms with Gasteiger partial charge in [0.1, 0.15) is 6.61 Å². The normalized spacial score (nSPS) is 13.7. The summed E-state index contributed by atoms with van der Waals surface area (Å²) in [7, 11) is 0. The largest absolute Gasteiger partial charge is 0.465 e. The lowest BCUT2D eigenvalue weighted by Crippen LogP contribution is -2.70. The SMILES string of the molecule is C.C.C.C.CCC(C)(C)C(=O)OCCC(F)(F)C(F)(F)C(F)(F)C(F)(F)C(F)(F)C(F)(F)F.CCC(O)COC(=O)C(C)(C)CC. The number of aliphatic hydroxyl groups is 1. The van der Waals surface area contributed by atoms with Gasteiger partial charge < -0.3 is 14.6 Å². The molecule has 0 saturated carbocycles. The van der Waals surface area contributed by atoms with Crippen molar-refractivity contribution in [2.75, 3.05) is 13.2 Å². The zero-order valence-electron chi connectivity index (χ0n) is 23.8. The minimum atomic E-state index is -7.94. The van der Waals surface area contributed by atoms with Gasteiger partial charge >= 0.3 is 47.7 Å². The molecule has 0 radical (unpaired) electrons. The van der Waals surface area contributed by atoms with Crippen LogP contribution in [0.4, 0.5) is 57.1 Å². The molecule has 284 valence electrons. The first-order valence-corrected chi connectivity index (χ1v) is 12.4. The molecule has 0 spiro atoms. The van der Waals surface area contributed by atoms with Crippen LogP contribution in [0.1, 0.15) is 104 Å². The molecule has 0 saturated heterocycles. The van der Waals surface area contributed by atoms with Gasteiger partial charge in [-0.15, -0.1) is 0 Å². The lowest BCUT2D eigenvalue weighted by Gasteiger charge is -2.39. The second-order valence-corrected chi connectivity index (χ2v) is 10.5. The van der Waals surface area contributed by atoms with E-state index in [0.717, 1.165) is 6.42 Å². The fraction of sp³-hybridized carbons (Fsp3) is 0.929. The Hall–Kier alpha value is -2.01. The fourth-order valence-electron chi connectivity index (χ4n) is 2.20. The summed E-state index contributed by atoms with van der Waals surface area (Å²) in [4.78, 5) is 22.9. The lowest BCUT2D eigenvalue weighted by atomic mass is 9.90. The summed E-state index contributed by atoms with van der Waals surface area (Å²) in [5, 5.41) is 9.17. The number of carbonyl (C=O) groups is 2. The van der Waals surface area contributed by atoms with Crippen LogP contribution in [0.3, 0.4) is 0 Å². The molecule has 0 fully saturated rings. The molecular weight excluding hydrogens is 663 g/mol. The molecule has 0 rings (SSSR count).